The molecule has 0 aromatic rings. The summed E-state index contributed by atoms with van der Waals surface area (Å²) < 4.78 is 2.69. The molecule has 146 valence electrons. The average Bonchev–Trinajstić information content (AvgIpc) is 2.49. The van der Waals surface area contributed by atoms with E-state index in [1.54, 1.807) is 0 Å². The molecule has 0 saturated heterocycles. The van der Waals surface area contributed by atoms with Gasteiger partial charge in [-0.25, -0.2) is 0 Å². The predicted molar refractivity (Wildman–Crippen MR) is 113 cm³/mol. The van der Waals surface area contributed by atoms with Gasteiger partial charge in [0.1, 0.15) is 0 Å². The first kappa shape index (κ1) is 28.5. The van der Waals surface area contributed by atoms with E-state index in [-0.39, 0.29) is 29.6 Å². The van der Waals surface area contributed by atoms with Crippen LogP contribution in [0.1, 0.15) is 110 Å². The van der Waals surface area contributed by atoms with Crippen molar-refractivity contribution in [2.75, 3.05) is 0 Å². The summed E-state index contributed by atoms with van der Waals surface area (Å²) in [6, 6.07) is 0. The standard InChI is InChI=1S/C19H35Cl3O2.Na.H/c1-2-3-4-5-6-7-8-9-10-11-12-13-14-15-16-17-18(23)24-19(20,21)22;;/h2-17H2,1H3;;. The molecule has 0 heterocycles. The van der Waals surface area contributed by atoms with Crippen LogP contribution in [0.15, 0.2) is 0 Å². The fourth-order valence-corrected chi connectivity index (χ4v) is 3.08. The molecule has 0 rings (SSSR count). The van der Waals surface area contributed by atoms with Gasteiger partial charge in [0.25, 0.3) is 0 Å². The van der Waals surface area contributed by atoms with Crippen LogP contribution in [0.4, 0.5) is 0 Å². The molecule has 0 atom stereocenters. The van der Waals surface area contributed by atoms with E-state index >= 15 is 0 Å². The normalized spacial score (nSPS) is 11.2. The Bertz CT molecular complexity index is 297. The first-order chi connectivity index (χ1) is 11.5. The third-order valence-electron chi connectivity index (χ3n) is 4.21. The quantitative estimate of drug-likeness (QED) is 0.111. The molecule has 0 unspecified atom stereocenters. The second-order valence-corrected chi connectivity index (χ2v) is 8.80. The summed E-state index contributed by atoms with van der Waals surface area (Å²) in [6.45, 7) is 2.26. The molecule has 6 heteroatoms. The fourth-order valence-electron chi connectivity index (χ4n) is 2.82. The van der Waals surface area contributed by atoms with Crippen molar-refractivity contribution in [2.24, 2.45) is 0 Å². The van der Waals surface area contributed by atoms with Gasteiger partial charge in [-0.1, -0.05) is 96.8 Å². The zero-order valence-electron chi connectivity index (χ0n) is 15.3. The molecule has 0 radical (unpaired) electrons. The number of ether oxygens (including phenoxy) is 1. The zero-order chi connectivity index (χ0) is 18.1. The molecule has 0 aliphatic heterocycles. The molecular weight excluding hydrogens is 390 g/mol. The number of esters is 1. The second-order valence-electron chi connectivity index (χ2n) is 6.62. The summed E-state index contributed by atoms with van der Waals surface area (Å²) in [5, 5.41) is 0. The van der Waals surface area contributed by atoms with Gasteiger partial charge in [-0.15, -0.1) is 0 Å². The zero-order valence-corrected chi connectivity index (χ0v) is 17.5. The second kappa shape index (κ2) is 20.1. The number of carbonyl (C=O) groups is 1. The van der Waals surface area contributed by atoms with Gasteiger partial charge in [0, 0.05) is 6.42 Å². The fraction of sp³-hybridized carbons (Fsp3) is 0.947. The van der Waals surface area contributed by atoms with E-state index in [1.165, 1.54) is 83.5 Å². The molecule has 0 bridgehead atoms. The first-order valence-electron chi connectivity index (χ1n) is 9.74. The number of carbonyl (C=O) groups excluding carboxylic acids is 1. The van der Waals surface area contributed by atoms with Gasteiger partial charge in [-0.05, 0) is 41.2 Å². The van der Waals surface area contributed by atoms with Crippen molar-refractivity contribution in [3.8, 4) is 0 Å². The average molecular weight is 426 g/mol. The molecule has 0 saturated carbocycles. The summed E-state index contributed by atoms with van der Waals surface area (Å²) in [5.41, 5.74) is 0. The number of alkyl halides is 3. The van der Waals surface area contributed by atoms with Gasteiger partial charge in [-0.2, -0.15) is 0 Å². The molecule has 0 amide bonds. The monoisotopic (exact) mass is 424 g/mol. The Labute approximate surface area is 192 Å². The van der Waals surface area contributed by atoms with E-state index < -0.39 is 9.95 Å². The van der Waals surface area contributed by atoms with E-state index in [4.69, 9.17) is 34.8 Å². The predicted octanol–water partition coefficient (Wildman–Crippen LogP) is 7.47. The van der Waals surface area contributed by atoms with E-state index in [0.717, 1.165) is 12.8 Å². The van der Waals surface area contributed by atoms with E-state index in [0.29, 0.717) is 6.42 Å². The van der Waals surface area contributed by atoms with Crippen molar-refractivity contribution in [1.82, 2.24) is 0 Å². The minimum absolute atomic E-state index is 0. The Balaban J connectivity index is 0. The van der Waals surface area contributed by atoms with Crippen molar-refractivity contribution in [3.63, 3.8) is 0 Å². The summed E-state index contributed by atoms with van der Waals surface area (Å²) in [7, 11) is 0. The van der Waals surface area contributed by atoms with Crippen LogP contribution < -0.4 is 0 Å². The van der Waals surface area contributed by atoms with E-state index in [2.05, 4.69) is 11.7 Å². The van der Waals surface area contributed by atoms with Crippen molar-refractivity contribution < 1.29 is 9.53 Å². The van der Waals surface area contributed by atoms with Crippen molar-refractivity contribution >= 4 is 70.3 Å². The maximum absolute atomic E-state index is 11.3. The summed E-state index contributed by atoms with van der Waals surface area (Å²) >= 11 is 16.2. The Morgan fingerprint density at radius 1 is 0.680 bits per heavy atom. The van der Waals surface area contributed by atoms with Crippen LogP contribution in [0.25, 0.3) is 0 Å². The number of unbranched alkanes of at least 4 members (excludes halogenated alkanes) is 14. The van der Waals surface area contributed by atoms with Gasteiger partial charge in [0.2, 0.25) is 0 Å². The summed E-state index contributed by atoms with van der Waals surface area (Å²) in [5.74, 6) is -0.440. The molecule has 2 nitrogen and oxygen atoms in total. The first-order valence-corrected chi connectivity index (χ1v) is 10.9. The SMILES string of the molecule is CCCCCCCCCCCCCCCCCC(=O)OC(Cl)(Cl)Cl.[NaH]. The topological polar surface area (TPSA) is 26.3 Å². The molecule has 0 aliphatic carbocycles. The molecular formula is C19H36Cl3NaO2. The third-order valence-corrected chi connectivity index (χ3v) is 4.45. The number of rotatable bonds is 16. The Hall–Kier alpha value is 1.34. The number of hydrogen-bond donors (Lipinski definition) is 0. The molecule has 0 spiro atoms. The maximum atomic E-state index is 11.3. The Kier molecular flexibility index (Phi) is 22.9. The van der Waals surface area contributed by atoms with Crippen molar-refractivity contribution in [1.29, 1.82) is 0 Å². The van der Waals surface area contributed by atoms with Crippen LogP contribution >= 0.6 is 34.8 Å². The number of halogens is 3. The summed E-state index contributed by atoms with van der Waals surface area (Å²) in [4.78, 5) is 11.3. The van der Waals surface area contributed by atoms with Gasteiger partial charge >= 0.3 is 39.5 Å². The van der Waals surface area contributed by atoms with Gasteiger partial charge in [-0.3, -0.25) is 4.79 Å². The molecule has 0 aromatic carbocycles. The number of hydrogen-bond acceptors (Lipinski definition) is 2. The van der Waals surface area contributed by atoms with Crippen molar-refractivity contribution in [3.05, 3.63) is 0 Å². The van der Waals surface area contributed by atoms with Crippen LogP contribution in [0.5, 0.6) is 0 Å². The summed E-state index contributed by atoms with van der Waals surface area (Å²) in [6.07, 6.45) is 19.8. The van der Waals surface area contributed by atoms with Gasteiger partial charge in [0.15, 0.2) is 0 Å². The van der Waals surface area contributed by atoms with Crippen molar-refractivity contribution in [2.45, 2.75) is 114 Å². The minimum atomic E-state index is -1.92. The third kappa shape index (κ3) is 25.3. The van der Waals surface area contributed by atoms with Gasteiger partial charge in [0.05, 0.1) is 0 Å². The molecule has 0 fully saturated rings. The Morgan fingerprint density at radius 3 is 1.32 bits per heavy atom. The van der Waals surface area contributed by atoms with Crippen LogP contribution in [-0.2, 0) is 9.53 Å². The van der Waals surface area contributed by atoms with Crippen LogP contribution in [-0.4, -0.2) is 39.5 Å². The Morgan fingerprint density at radius 2 is 1.00 bits per heavy atom. The van der Waals surface area contributed by atoms with Gasteiger partial charge < -0.3 is 4.74 Å². The molecule has 0 aliphatic rings. The van der Waals surface area contributed by atoms with E-state index in [1.807, 2.05) is 0 Å². The van der Waals surface area contributed by atoms with Crippen LogP contribution in [0, 0.1) is 0 Å². The van der Waals surface area contributed by atoms with E-state index in [9.17, 15) is 4.79 Å². The molecule has 25 heavy (non-hydrogen) atoms. The van der Waals surface area contributed by atoms with Crippen LogP contribution in [0.3, 0.4) is 0 Å². The molecule has 0 N–H and O–H groups in total. The molecule has 0 aromatic heterocycles. The van der Waals surface area contributed by atoms with Crippen LogP contribution in [0.2, 0.25) is 0 Å².